The zero-order valence-electron chi connectivity index (χ0n) is 13.1. The quantitative estimate of drug-likeness (QED) is 0.805. The number of amides is 2. The Bertz CT molecular complexity index is 706. The van der Waals surface area contributed by atoms with Crippen LogP contribution in [-0.2, 0) is 4.79 Å². The Labute approximate surface area is 136 Å². The molecule has 0 unspecified atom stereocenters. The van der Waals surface area contributed by atoms with Gasteiger partial charge in [-0.1, -0.05) is 48.0 Å². The fourth-order valence-electron chi connectivity index (χ4n) is 2.26. The molecule has 0 aliphatic carbocycles. The maximum Gasteiger partial charge on any atom is 0.251 e. The molecule has 0 saturated heterocycles. The maximum atomic E-state index is 12.2. The summed E-state index contributed by atoms with van der Waals surface area (Å²) in [5, 5.41) is 2.65. The molecule has 118 valence electrons. The Hall–Kier alpha value is -2.88. The molecule has 4 heteroatoms. The molecule has 23 heavy (non-hydrogen) atoms. The molecular weight excluding hydrogens is 288 g/mol. The number of carbonyl (C=O) groups is 2. The lowest BCUT2D eigenvalue weighted by atomic mass is 10.0. The fourth-order valence-corrected chi connectivity index (χ4v) is 2.26. The third-order valence-corrected chi connectivity index (χ3v) is 3.46. The van der Waals surface area contributed by atoms with E-state index in [9.17, 15) is 9.59 Å². The van der Waals surface area contributed by atoms with Gasteiger partial charge in [0.1, 0.15) is 6.04 Å². The van der Waals surface area contributed by atoms with Crippen LogP contribution in [0.15, 0.2) is 66.7 Å². The Kier molecular flexibility index (Phi) is 5.31. The molecular formula is C19H20N2O2. The number of carbonyl (C=O) groups excluding carboxylic acids is 2. The predicted octanol–water partition coefficient (Wildman–Crippen LogP) is 2.90. The number of hydrogen-bond donors (Lipinski definition) is 2. The summed E-state index contributed by atoms with van der Waals surface area (Å²) in [6, 6.07) is 16.4. The van der Waals surface area contributed by atoms with Gasteiger partial charge in [0, 0.05) is 5.56 Å². The molecule has 0 aliphatic rings. The Balaban J connectivity index is 2.11. The van der Waals surface area contributed by atoms with Crippen molar-refractivity contribution in [3.8, 4) is 11.1 Å². The number of nitrogens with one attached hydrogen (secondary N) is 1. The lowest BCUT2D eigenvalue weighted by Crippen LogP contribution is -2.44. The number of primary amides is 1. The van der Waals surface area contributed by atoms with E-state index in [2.05, 4.69) is 11.9 Å². The number of hydrogen-bond acceptors (Lipinski definition) is 2. The summed E-state index contributed by atoms with van der Waals surface area (Å²) in [6.07, 6.45) is 0.336. The molecule has 2 aromatic carbocycles. The van der Waals surface area contributed by atoms with Crippen molar-refractivity contribution < 1.29 is 9.59 Å². The van der Waals surface area contributed by atoms with Gasteiger partial charge in [0.2, 0.25) is 5.91 Å². The molecule has 0 radical (unpaired) electrons. The Morgan fingerprint density at radius 3 is 2.13 bits per heavy atom. The Morgan fingerprint density at radius 1 is 1.04 bits per heavy atom. The SMILES string of the molecule is C=C(C)C[C@H](NC(=O)c1ccc(-c2ccccc2)cc1)C(N)=O. The molecule has 1 atom stereocenters. The van der Waals surface area contributed by atoms with Crippen LogP contribution in [0.2, 0.25) is 0 Å². The Morgan fingerprint density at radius 2 is 1.61 bits per heavy atom. The zero-order valence-corrected chi connectivity index (χ0v) is 13.1. The highest BCUT2D eigenvalue weighted by atomic mass is 16.2. The van der Waals surface area contributed by atoms with Crippen molar-refractivity contribution in [3.05, 3.63) is 72.3 Å². The highest BCUT2D eigenvalue weighted by Crippen LogP contribution is 2.19. The summed E-state index contributed by atoms with van der Waals surface area (Å²) in [5.74, 6) is -0.892. The van der Waals surface area contributed by atoms with E-state index in [1.807, 2.05) is 42.5 Å². The first-order valence-corrected chi connectivity index (χ1v) is 7.37. The van der Waals surface area contributed by atoms with Crippen LogP contribution in [0.25, 0.3) is 11.1 Å². The van der Waals surface area contributed by atoms with E-state index < -0.39 is 11.9 Å². The largest absolute Gasteiger partial charge is 0.368 e. The smallest absolute Gasteiger partial charge is 0.251 e. The summed E-state index contributed by atoms with van der Waals surface area (Å²) in [6.45, 7) is 5.53. The number of benzene rings is 2. The molecule has 0 heterocycles. The fraction of sp³-hybridized carbons (Fsp3) is 0.158. The van der Waals surface area contributed by atoms with E-state index in [4.69, 9.17) is 5.73 Å². The molecule has 4 nitrogen and oxygen atoms in total. The normalized spacial score (nSPS) is 11.5. The average molecular weight is 308 g/mol. The molecule has 2 rings (SSSR count). The second-order valence-corrected chi connectivity index (χ2v) is 5.53. The zero-order chi connectivity index (χ0) is 16.8. The minimum Gasteiger partial charge on any atom is -0.368 e. The van der Waals surface area contributed by atoms with Crippen LogP contribution in [0.4, 0.5) is 0 Å². The molecule has 0 bridgehead atoms. The first kappa shape index (κ1) is 16.5. The van der Waals surface area contributed by atoms with Crippen molar-refractivity contribution in [3.63, 3.8) is 0 Å². The number of rotatable bonds is 6. The van der Waals surface area contributed by atoms with Crippen molar-refractivity contribution >= 4 is 11.8 Å². The standard InChI is InChI=1S/C19H20N2O2/c1-13(2)12-17(18(20)22)21-19(23)16-10-8-15(9-11-16)14-6-4-3-5-7-14/h3-11,17H,1,12H2,2H3,(H2,20,22)(H,21,23)/t17-/m0/s1. The van der Waals surface area contributed by atoms with Gasteiger partial charge in [0.25, 0.3) is 5.91 Å². The van der Waals surface area contributed by atoms with Crippen LogP contribution in [0.5, 0.6) is 0 Å². The van der Waals surface area contributed by atoms with Crippen LogP contribution in [0, 0.1) is 0 Å². The van der Waals surface area contributed by atoms with Gasteiger partial charge < -0.3 is 11.1 Å². The molecule has 0 saturated carbocycles. The van der Waals surface area contributed by atoms with Crippen LogP contribution >= 0.6 is 0 Å². The van der Waals surface area contributed by atoms with Gasteiger partial charge in [0.15, 0.2) is 0 Å². The lowest BCUT2D eigenvalue weighted by Gasteiger charge is -2.15. The van der Waals surface area contributed by atoms with Crippen molar-refractivity contribution in [1.82, 2.24) is 5.32 Å². The minimum absolute atomic E-state index is 0.324. The molecule has 0 aromatic heterocycles. The highest BCUT2D eigenvalue weighted by Gasteiger charge is 2.18. The van der Waals surface area contributed by atoms with Gasteiger partial charge in [-0.05, 0) is 36.6 Å². The average Bonchev–Trinajstić information content (AvgIpc) is 2.54. The predicted molar refractivity (Wildman–Crippen MR) is 91.8 cm³/mol. The van der Waals surface area contributed by atoms with E-state index >= 15 is 0 Å². The van der Waals surface area contributed by atoms with Crippen molar-refractivity contribution in [1.29, 1.82) is 0 Å². The third-order valence-electron chi connectivity index (χ3n) is 3.46. The van der Waals surface area contributed by atoms with E-state index in [1.165, 1.54) is 0 Å². The summed E-state index contributed by atoms with van der Waals surface area (Å²) < 4.78 is 0. The van der Waals surface area contributed by atoms with Crippen LogP contribution in [-0.4, -0.2) is 17.9 Å². The summed E-state index contributed by atoms with van der Waals surface area (Å²) in [5.41, 5.74) is 8.69. The minimum atomic E-state index is -0.742. The first-order valence-electron chi connectivity index (χ1n) is 7.37. The van der Waals surface area contributed by atoms with Gasteiger partial charge >= 0.3 is 0 Å². The molecule has 2 amide bonds. The van der Waals surface area contributed by atoms with Crippen LogP contribution < -0.4 is 11.1 Å². The van der Waals surface area contributed by atoms with Gasteiger partial charge in [-0.2, -0.15) is 0 Å². The molecule has 3 N–H and O–H groups in total. The van der Waals surface area contributed by atoms with Gasteiger partial charge in [0.05, 0.1) is 0 Å². The third kappa shape index (κ3) is 4.54. The van der Waals surface area contributed by atoms with Crippen molar-refractivity contribution in [2.45, 2.75) is 19.4 Å². The second kappa shape index (κ2) is 7.40. The lowest BCUT2D eigenvalue weighted by molar-refractivity contribution is -0.119. The van der Waals surface area contributed by atoms with Crippen molar-refractivity contribution in [2.75, 3.05) is 0 Å². The van der Waals surface area contributed by atoms with E-state index in [1.54, 1.807) is 19.1 Å². The van der Waals surface area contributed by atoms with E-state index in [-0.39, 0.29) is 5.91 Å². The van der Waals surface area contributed by atoms with Crippen LogP contribution in [0.1, 0.15) is 23.7 Å². The second-order valence-electron chi connectivity index (χ2n) is 5.53. The molecule has 0 aliphatic heterocycles. The van der Waals surface area contributed by atoms with E-state index in [0.717, 1.165) is 16.7 Å². The highest BCUT2D eigenvalue weighted by molar-refractivity contribution is 5.97. The van der Waals surface area contributed by atoms with Gasteiger partial charge in [-0.15, -0.1) is 6.58 Å². The summed E-state index contributed by atoms with van der Waals surface area (Å²) in [7, 11) is 0. The topological polar surface area (TPSA) is 72.2 Å². The van der Waals surface area contributed by atoms with Crippen LogP contribution in [0.3, 0.4) is 0 Å². The van der Waals surface area contributed by atoms with Crippen molar-refractivity contribution in [2.24, 2.45) is 5.73 Å². The first-order chi connectivity index (χ1) is 11.0. The maximum absolute atomic E-state index is 12.2. The number of nitrogens with two attached hydrogens (primary N) is 1. The molecule has 2 aromatic rings. The van der Waals surface area contributed by atoms with E-state index in [0.29, 0.717) is 12.0 Å². The summed E-state index contributed by atoms with van der Waals surface area (Å²) in [4.78, 5) is 23.6. The molecule has 0 fully saturated rings. The summed E-state index contributed by atoms with van der Waals surface area (Å²) >= 11 is 0. The monoisotopic (exact) mass is 308 g/mol. The van der Waals surface area contributed by atoms with Gasteiger partial charge in [-0.25, -0.2) is 0 Å². The van der Waals surface area contributed by atoms with Gasteiger partial charge in [-0.3, -0.25) is 9.59 Å². The molecule has 0 spiro atoms.